The lowest BCUT2D eigenvalue weighted by Crippen LogP contribution is -2.28. The van der Waals surface area contributed by atoms with E-state index in [2.05, 4.69) is 10.4 Å². The summed E-state index contributed by atoms with van der Waals surface area (Å²) in [5.74, 6) is -0.392. The molecule has 0 aliphatic rings. The standard InChI is InChI=1S/C17H17N3O3/c1-11-9-12(2)20(19-11)8-7-18-17(22)16-10-14(21)13-5-3-4-6-15(13)23-16/h3-6,9-10H,7-8H2,1-2H3,(H,18,22). The van der Waals surface area contributed by atoms with Crippen LogP contribution in [0, 0.1) is 13.8 Å². The van der Waals surface area contributed by atoms with E-state index in [0.29, 0.717) is 24.1 Å². The maximum atomic E-state index is 12.1. The highest BCUT2D eigenvalue weighted by Gasteiger charge is 2.12. The van der Waals surface area contributed by atoms with E-state index in [1.54, 1.807) is 24.3 Å². The fourth-order valence-corrected chi connectivity index (χ4v) is 2.48. The van der Waals surface area contributed by atoms with Crippen LogP contribution >= 0.6 is 0 Å². The normalized spacial score (nSPS) is 10.9. The van der Waals surface area contributed by atoms with E-state index in [9.17, 15) is 9.59 Å². The summed E-state index contributed by atoms with van der Waals surface area (Å²) in [6.45, 7) is 4.84. The van der Waals surface area contributed by atoms with Crippen LogP contribution in [0.15, 0.2) is 45.6 Å². The van der Waals surface area contributed by atoms with Crippen LogP contribution in [0.4, 0.5) is 0 Å². The van der Waals surface area contributed by atoms with E-state index >= 15 is 0 Å². The zero-order chi connectivity index (χ0) is 16.4. The molecule has 0 bridgehead atoms. The predicted molar refractivity (Wildman–Crippen MR) is 86.5 cm³/mol. The summed E-state index contributed by atoms with van der Waals surface area (Å²) in [4.78, 5) is 24.1. The molecule has 3 rings (SSSR count). The van der Waals surface area contributed by atoms with Crippen LogP contribution in [0.2, 0.25) is 0 Å². The maximum Gasteiger partial charge on any atom is 0.287 e. The van der Waals surface area contributed by atoms with Crippen LogP contribution in [0.1, 0.15) is 21.9 Å². The number of hydrogen-bond acceptors (Lipinski definition) is 4. The molecule has 1 N–H and O–H groups in total. The van der Waals surface area contributed by atoms with Crippen molar-refractivity contribution in [2.24, 2.45) is 0 Å². The largest absolute Gasteiger partial charge is 0.451 e. The molecule has 118 valence electrons. The zero-order valence-electron chi connectivity index (χ0n) is 13.0. The van der Waals surface area contributed by atoms with Crippen molar-refractivity contribution in [2.75, 3.05) is 6.54 Å². The Balaban J connectivity index is 1.71. The molecule has 0 fully saturated rings. The molecule has 2 aromatic heterocycles. The predicted octanol–water partition coefficient (Wildman–Crippen LogP) is 2.04. The molecule has 3 aromatic rings. The van der Waals surface area contributed by atoms with Gasteiger partial charge in [-0.25, -0.2) is 0 Å². The van der Waals surface area contributed by atoms with Crippen LogP contribution < -0.4 is 10.7 Å². The molecule has 23 heavy (non-hydrogen) atoms. The lowest BCUT2D eigenvalue weighted by atomic mass is 10.2. The van der Waals surface area contributed by atoms with Crippen molar-refractivity contribution in [3.8, 4) is 0 Å². The second-order valence-corrected chi connectivity index (χ2v) is 5.38. The van der Waals surface area contributed by atoms with Gasteiger partial charge in [-0.05, 0) is 32.0 Å². The first-order valence-electron chi connectivity index (χ1n) is 7.37. The van der Waals surface area contributed by atoms with Gasteiger partial charge in [0, 0.05) is 18.3 Å². The summed E-state index contributed by atoms with van der Waals surface area (Å²) in [6, 6.07) is 10.1. The molecule has 1 aromatic carbocycles. The molecular weight excluding hydrogens is 294 g/mol. The number of aryl methyl sites for hydroxylation is 2. The Kier molecular flexibility index (Phi) is 3.97. The van der Waals surface area contributed by atoms with Gasteiger partial charge < -0.3 is 9.73 Å². The van der Waals surface area contributed by atoms with Gasteiger partial charge in [0.05, 0.1) is 17.6 Å². The number of carbonyl (C=O) groups is 1. The van der Waals surface area contributed by atoms with E-state index in [4.69, 9.17) is 4.42 Å². The summed E-state index contributed by atoms with van der Waals surface area (Å²) >= 11 is 0. The Hall–Kier alpha value is -2.89. The molecule has 6 heteroatoms. The second-order valence-electron chi connectivity index (χ2n) is 5.38. The average molecular weight is 311 g/mol. The van der Waals surface area contributed by atoms with Crippen molar-refractivity contribution >= 4 is 16.9 Å². The number of nitrogens with one attached hydrogen (secondary N) is 1. The van der Waals surface area contributed by atoms with Crippen LogP contribution in [0.5, 0.6) is 0 Å². The highest BCUT2D eigenvalue weighted by molar-refractivity contribution is 5.93. The zero-order valence-corrected chi connectivity index (χ0v) is 13.0. The first-order chi connectivity index (χ1) is 11.0. The van der Waals surface area contributed by atoms with Crippen molar-refractivity contribution < 1.29 is 9.21 Å². The minimum Gasteiger partial charge on any atom is -0.451 e. The van der Waals surface area contributed by atoms with E-state index in [1.165, 1.54) is 6.07 Å². The Morgan fingerprint density at radius 3 is 2.78 bits per heavy atom. The van der Waals surface area contributed by atoms with Crippen LogP contribution in [0.3, 0.4) is 0 Å². The number of aromatic nitrogens is 2. The summed E-state index contributed by atoms with van der Waals surface area (Å²) in [5, 5.41) is 7.53. The highest BCUT2D eigenvalue weighted by atomic mass is 16.3. The lowest BCUT2D eigenvalue weighted by molar-refractivity contribution is 0.0924. The Labute approximate surface area is 132 Å². The summed E-state index contributed by atoms with van der Waals surface area (Å²) in [7, 11) is 0. The molecule has 0 saturated carbocycles. The molecule has 0 unspecified atom stereocenters. The van der Waals surface area contributed by atoms with Crippen LogP contribution in [0.25, 0.3) is 11.0 Å². The number of hydrogen-bond donors (Lipinski definition) is 1. The van der Waals surface area contributed by atoms with Crippen molar-refractivity contribution in [3.05, 3.63) is 63.8 Å². The van der Waals surface area contributed by atoms with Gasteiger partial charge in [0.2, 0.25) is 0 Å². The third-order valence-corrected chi connectivity index (χ3v) is 3.57. The summed E-state index contributed by atoms with van der Waals surface area (Å²) in [6.07, 6.45) is 0. The molecule has 0 saturated heterocycles. The SMILES string of the molecule is Cc1cc(C)n(CCNC(=O)c2cc(=O)c3ccccc3o2)n1. The highest BCUT2D eigenvalue weighted by Crippen LogP contribution is 2.11. The topological polar surface area (TPSA) is 77.1 Å². The van der Waals surface area contributed by atoms with Crippen molar-refractivity contribution in [2.45, 2.75) is 20.4 Å². The second kappa shape index (κ2) is 6.08. The van der Waals surface area contributed by atoms with Crippen LogP contribution in [-0.2, 0) is 6.54 Å². The van der Waals surface area contributed by atoms with E-state index in [-0.39, 0.29) is 11.2 Å². The molecule has 0 atom stereocenters. The number of rotatable bonds is 4. The quantitative estimate of drug-likeness (QED) is 0.800. The minimum absolute atomic E-state index is 0.0158. The van der Waals surface area contributed by atoms with Crippen LogP contribution in [-0.4, -0.2) is 22.2 Å². The first-order valence-corrected chi connectivity index (χ1v) is 7.37. The number of fused-ring (bicyclic) bond motifs is 1. The fraction of sp³-hybridized carbons (Fsp3) is 0.235. The monoisotopic (exact) mass is 311 g/mol. The van der Waals surface area contributed by atoms with E-state index < -0.39 is 5.91 Å². The lowest BCUT2D eigenvalue weighted by Gasteiger charge is -2.07. The molecule has 0 aliphatic heterocycles. The average Bonchev–Trinajstić information content (AvgIpc) is 2.85. The van der Waals surface area contributed by atoms with Gasteiger partial charge in [0.25, 0.3) is 5.91 Å². The summed E-state index contributed by atoms with van der Waals surface area (Å²) in [5.41, 5.74) is 2.16. The van der Waals surface area contributed by atoms with Gasteiger partial charge in [-0.3, -0.25) is 14.3 Å². The third kappa shape index (κ3) is 3.15. The number of para-hydroxylation sites is 1. The molecule has 2 heterocycles. The molecule has 0 spiro atoms. The molecule has 0 radical (unpaired) electrons. The molecule has 6 nitrogen and oxygen atoms in total. The van der Waals surface area contributed by atoms with Gasteiger partial charge in [-0.2, -0.15) is 5.10 Å². The van der Waals surface area contributed by atoms with Gasteiger partial charge in [-0.1, -0.05) is 12.1 Å². The van der Waals surface area contributed by atoms with Gasteiger partial charge in [0.15, 0.2) is 11.2 Å². The minimum atomic E-state index is -0.408. The van der Waals surface area contributed by atoms with Crippen molar-refractivity contribution in [3.63, 3.8) is 0 Å². The maximum absolute atomic E-state index is 12.1. The third-order valence-electron chi connectivity index (χ3n) is 3.57. The number of nitrogens with zero attached hydrogens (tertiary/aromatic N) is 2. The molecule has 0 aliphatic carbocycles. The Bertz CT molecular complexity index is 924. The molecule has 1 amide bonds. The van der Waals surface area contributed by atoms with E-state index in [0.717, 1.165) is 11.4 Å². The Morgan fingerprint density at radius 1 is 1.26 bits per heavy atom. The summed E-state index contributed by atoms with van der Waals surface area (Å²) < 4.78 is 7.33. The van der Waals surface area contributed by atoms with Crippen molar-refractivity contribution in [1.82, 2.24) is 15.1 Å². The van der Waals surface area contributed by atoms with E-state index in [1.807, 2.05) is 24.6 Å². The molecular formula is C17H17N3O3. The number of carbonyl (C=O) groups excluding carboxylic acids is 1. The smallest absolute Gasteiger partial charge is 0.287 e. The number of benzene rings is 1. The van der Waals surface area contributed by atoms with Crippen molar-refractivity contribution in [1.29, 1.82) is 0 Å². The number of amides is 1. The first kappa shape index (κ1) is 15.0. The Morgan fingerprint density at radius 2 is 2.04 bits per heavy atom. The van der Waals surface area contributed by atoms with Gasteiger partial charge in [0.1, 0.15) is 5.58 Å². The van der Waals surface area contributed by atoms with Gasteiger partial charge in [-0.15, -0.1) is 0 Å². The fourth-order valence-electron chi connectivity index (χ4n) is 2.48. The van der Waals surface area contributed by atoms with Gasteiger partial charge >= 0.3 is 0 Å².